The molecule has 0 radical (unpaired) electrons. The first-order valence-electron chi connectivity index (χ1n) is 10.2. The molecule has 1 heterocycles. The fourth-order valence-corrected chi connectivity index (χ4v) is 3.25. The minimum Gasteiger partial charge on any atom is -0.352 e. The number of anilines is 1. The summed E-state index contributed by atoms with van der Waals surface area (Å²) < 4.78 is 0. The Morgan fingerprint density at radius 1 is 0.828 bits per heavy atom. The molecular formula is C24H28N4O. The Bertz CT molecular complexity index is 924. The molecule has 0 aliphatic rings. The van der Waals surface area contributed by atoms with Crippen molar-refractivity contribution in [3.05, 3.63) is 78.0 Å². The van der Waals surface area contributed by atoms with Gasteiger partial charge in [0.15, 0.2) is 5.82 Å². The number of carbonyl (C=O) groups excluding carboxylic acids is 1. The second-order valence-corrected chi connectivity index (χ2v) is 6.78. The van der Waals surface area contributed by atoms with E-state index < -0.39 is 0 Å². The molecule has 29 heavy (non-hydrogen) atoms. The van der Waals surface area contributed by atoms with Gasteiger partial charge < -0.3 is 9.80 Å². The first-order chi connectivity index (χ1) is 14.2. The molecular weight excluding hydrogens is 360 g/mol. The summed E-state index contributed by atoms with van der Waals surface area (Å²) in [5.74, 6) is 1.28. The van der Waals surface area contributed by atoms with Crippen LogP contribution in [0.25, 0.3) is 11.4 Å². The normalized spacial score (nSPS) is 10.6. The average molecular weight is 389 g/mol. The van der Waals surface area contributed by atoms with Crippen LogP contribution in [-0.4, -0.2) is 40.4 Å². The molecule has 1 amide bonds. The predicted molar refractivity (Wildman–Crippen MR) is 118 cm³/mol. The molecule has 0 aliphatic carbocycles. The van der Waals surface area contributed by atoms with E-state index in [9.17, 15) is 4.79 Å². The van der Waals surface area contributed by atoms with Crippen LogP contribution >= 0.6 is 0 Å². The SMILES string of the molecule is CCN(CC)C(=O)c1cc(N(CC)Cc2ccccc2)nc(-c2ccccc2)n1. The molecule has 0 bridgehead atoms. The Morgan fingerprint density at radius 2 is 1.45 bits per heavy atom. The number of carbonyl (C=O) groups is 1. The molecule has 0 saturated heterocycles. The second kappa shape index (κ2) is 9.82. The molecule has 1 aromatic heterocycles. The number of nitrogens with zero attached hydrogens (tertiary/aromatic N) is 4. The second-order valence-electron chi connectivity index (χ2n) is 6.78. The van der Waals surface area contributed by atoms with Gasteiger partial charge in [-0.05, 0) is 26.3 Å². The Kier molecular flexibility index (Phi) is 6.95. The number of hydrogen-bond donors (Lipinski definition) is 0. The summed E-state index contributed by atoms with van der Waals surface area (Å²) in [5.41, 5.74) is 2.54. The fraction of sp³-hybridized carbons (Fsp3) is 0.292. The monoisotopic (exact) mass is 388 g/mol. The minimum absolute atomic E-state index is 0.0633. The Labute approximate surface area is 173 Å². The van der Waals surface area contributed by atoms with Gasteiger partial charge in [0.05, 0.1) is 0 Å². The molecule has 3 aromatic rings. The van der Waals surface area contributed by atoms with Gasteiger partial charge in [-0.25, -0.2) is 9.97 Å². The van der Waals surface area contributed by atoms with Crippen LogP contribution in [0.4, 0.5) is 5.82 Å². The van der Waals surface area contributed by atoms with Gasteiger partial charge >= 0.3 is 0 Å². The van der Waals surface area contributed by atoms with Crippen molar-refractivity contribution in [1.29, 1.82) is 0 Å². The first-order valence-corrected chi connectivity index (χ1v) is 10.2. The van der Waals surface area contributed by atoms with Gasteiger partial charge in [-0.1, -0.05) is 60.7 Å². The van der Waals surface area contributed by atoms with Crippen LogP contribution in [0.15, 0.2) is 66.7 Å². The lowest BCUT2D eigenvalue weighted by Gasteiger charge is -2.24. The zero-order valence-corrected chi connectivity index (χ0v) is 17.4. The Hall–Kier alpha value is -3.21. The van der Waals surface area contributed by atoms with Crippen LogP contribution in [0, 0.1) is 0 Å². The lowest BCUT2D eigenvalue weighted by Crippen LogP contribution is -2.32. The Balaban J connectivity index is 2.04. The molecule has 150 valence electrons. The fourth-order valence-electron chi connectivity index (χ4n) is 3.25. The maximum atomic E-state index is 13.0. The predicted octanol–water partition coefficient (Wildman–Crippen LogP) is 4.65. The number of amides is 1. The molecule has 0 atom stereocenters. The summed E-state index contributed by atoms with van der Waals surface area (Å²) in [6.07, 6.45) is 0. The van der Waals surface area contributed by atoms with E-state index in [1.54, 1.807) is 4.90 Å². The van der Waals surface area contributed by atoms with Crippen LogP contribution in [0.2, 0.25) is 0 Å². The highest BCUT2D eigenvalue weighted by atomic mass is 16.2. The number of rotatable bonds is 8. The number of aromatic nitrogens is 2. The van der Waals surface area contributed by atoms with Crippen molar-refractivity contribution in [1.82, 2.24) is 14.9 Å². The maximum absolute atomic E-state index is 13.0. The molecule has 0 unspecified atom stereocenters. The zero-order valence-electron chi connectivity index (χ0n) is 17.4. The summed E-state index contributed by atoms with van der Waals surface area (Å²) in [6.45, 7) is 8.86. The van der Waals surface area contributed by atoms with Crippen molar-refractivity contribution in [2.24, 2.45) is 0 Å². The standard InChI is InChI=1S/C24H28N4O/c1-4-27(5-2)24(29)21-17-22(26-23(25-21)20-15-11-8-12-16-20)28(6-3)18-19-13-9-7-10-14-19/h7-17H,4-6,18H2,1-3H3. The molecule has 0 aliphatic heterocycles. The van der Waals surface area contributed by atoms with Crippen LogP contribution in [-0.2, 0) is 6.54 Å². The van der Waals surface area contributed by atoms with E-state index in [1.165, 1.54) is 5.56 Å². The molecule has 0 fully saturated rings. The minimum atomic E-state index is -0.0633. The van der Waals surface area contributed by atoms with E-state index in [0.29, 0.717) is 24.6 Å². The highest BCUT2D eigenvalue weighted by molar-refractivity contribution is 5.93. The summed E-state index contributed by atoms with van der Waals surface area (Å²) in [7, 11) is 0. The van der Waals surface area contributed by atoms with Crippen molar-refractivity contribution < 1.29 is 4.79 Å². The third-order valence-corrected chi connectivity index (χ3v) is 4.94. The van der Waals surface area contributed by atoms with Crippen molar-refractivity contribution >= 4 is 11.7 Å². The summed E-state index contributed by atoms with van der Waals surface area (Å²) in [4.78, 5) is 26.4. The smallest absolute Gasteiger partial charge is 0.272 e. The molecule has 0 N–H and O–H groups in total. The molecule has 0 spiro atoms. The summed E-state index contributed by atoms with van der Waals surface area (Å²) in [6, 6.07) is 21.9. The van der Waals surface area contributed by atoms with E-state index in [0.717, 1.165) is 24.5 Å². The lowest BCUT2D eigenvalue weighted by atomic mass is 10.2. The van der Waals surface area contributed by atoms with Gasteiger partial charge in [0.2, 0.25) is 0 Å². The highest BCUT2D eigenvalue weighted by Gasteiger charge is 2.19. The van der Waals surface area contributed by atoms with Gasteiger partial charge in [-0.15, -0.1) is 0 Å². The summed E-state index contributed by atoms with van der Waals surface area (Å²) >= 11 is 0. The van der Waals surface area contributed by atoms with Gasteiger partial charge in [0, 0.05) is 37.8 Å². The zero-order chi connectivity index (χ0) is 20.6. The average Bonchev–Trinajstić information content (AvgIpc) is 2.79. The summed E-state index contributed by atoms with van der Waals surface area (Å²) in [5, 5.41) is 0. The molecule has 5 heteroatoms. The van der Waals surface area contributed by atoms with E-state index in [1.807, 2.05) is 68.4 Å². The van der Waals surface area contributed by atoms with Crippen LogP contribution in [0.5, 0.6) is 0 Å². The quantitative estimate of drug-likeness (QED) is 0.563. The molecule has 0 saturated carbocycles. The van der Waals surface area contributed by atoms with E-state index in [4.69, 9.17) is 4.98 Å². The maximum Gasteiger partial charge on any atom is 0.272 e. The first kappa shape index (κ1) is 20.5. The number of benzene rings is 2. The molecule has 2 aromatic carbocycles. The van der Waals surface area contributed by atoms with Crippen molar-refractivity contribution in [2.45, 2.75) is 27.3 Å². The van der Waals surface area contributed by atoms with E-state index in [2.05, 4.69) is 28.9 Å². The van der Waals surface area contributed by atoms with Crippen molar-refractivity contribution in [3.8, 4) is 11.4 Å². The van der Waals surface area contributed by atoms with Gasteiger partial charge in [-0.2, -0.15) is 0 Å². The number of hydrogen-bond acceptors (Lipinski definition) is 4. The van der Waals surface area contributed by atoms with Gasteiger partial charge in [0.25, 0.3) is 5.91 Å². The topological polar surface area (TPSA) is 49.3 Å². The largest absolute Gasteiger partial charge is 0.352 e. The van der Waals surface area contributed by atoms with Crippen molar-refractivity contribution in [2.75, 3.05) is 24.5 Å². The highest BCUT2D eigenvalue weighted by Crippen LogP contribution is 2.22. The van der Waals surface area contributed by atoms with E-state index in [-0.39, 0.29) is 5.91 Å². The van der Waals surface area contributed by atoms with Crippen LogP contribution in [0.1, 0.15) is 36.8 Å². The van der Waals surface area contributed by atoms with Crippen molar-refractivity contribution in [3.63, 3.8) is 0 Å². The third kappa shape index (κ3) is 4.99. The molecule has 5 nitrogen and oxygen atoms in total. The lowest BCUT2D eigenvalue weighted by molar-refractivity contribution is 0.0767. The van der Waals surface area contributed by atoms with Gasteiger partial charge in [0.1, 0.15) is 11.5 Å². The van der Waals surface area contributed by atoms with Crippen LogP contribution in [0.3, 0.4) is 0 Å². The van der Waals surface area contributed by atoms with E-state index >= 15 is 0 Å². The van der Waals surface area contributed by atoms with Gasteiger partial charge in [-0.3, -0.25) is 4.79 Å². The third-order valence-electron chi connectivity index (χ3n) is 4.94. The molecule has 3 rings (SSSR count). The van der Waals surface area contributed by atoms with Crippen LogP contribution < -0.4 is 4.90 Å². The Morgan fingerprint density at radius 3 is 2.03 bits per heavy atom.